The third-order valence-corrected chi connectivity index (χ3v) is 3.89. The minimum atomic E-state index is -0.579. The van der Waals surface area contributed by atoms with E-state index in [1.807, 2.05) is 38.1 Å². The van der Waals surface area contributed by atoms with Gasteiger partial charge in [-0.2, -0.15) is 0 Å². The number of anilines is 1. The summed E-state index contributed by atoms with van der Waals surface area (Å²) in [6, 6.07) is 7.43. The Morgan fingerprint density at radius 2 is 2.29 bits per heavy atom. The minimum Gasteiger partial charge on any atom is -0.497 e. The average molecular weight is 290 g/mol. The monoisotopic (exact) mass is 290 g/mol. The van der Waals surface area contributed by atoms with Crippen LogP contribution in [0, 0.1) is 5.92 Å². The van der Waals surface area contributed by atoms with Crippen molar-refractivity contribution >= 4 is 17.5 Å². The molecule has 0 aliphatic carbocycles. The number of nitrogens with one attached hydrogen (secondary N) is 1. The SMILES string of the molecule is CC[C@@H](C)NC(=O)[C@H]1CCN(c2cccc(OC)c2)C1=O. The van der Waals surface area contributed by atoms with Gasteiger partial charge in [0.05, 0.1) is 7.11 Å². The van der Waals surface area contributed by atoms with Crippen LogP contribution in [0.25, 0.3) is 0 Å². The van der Waals surface area contributed by atoms with E-state index < -0.39 is 5.92 Å². The van der Waals surface area contributed by atoms with E-state index >= 15 is 0 Å². The van der Waals surface area contributed by atoms with Crippen molar-refractivity contribution in [2.45, 2.75) is 32.7 Å². The third kappa shape index (κ3) is 3.35. The summed E-state index contributed by atoms with van der Waals surface area (Å²) in [7, 11) is 1.59. The zero-order valence-corrected chi connectivity index (χ0v) is 12.8. The molecule has 0 unspecified atom stereocenters. The smallest absolute Gasteiger partial charge is 0.239 e. The molecule has 2 atom stereocenters. The van der Waals surface area contributed by atoms with Crippen molar-refractivity contribution in [3.05, 3.63) is 24.3 Å². The van der Waals surface area contributed by atoms with Crippen LogP contribution in [-0.2, 0) is 9.59 Å². The van der Waals surface area contributed by atoms with Gasteiger partial charge >= 0.3 is 0 Å². The molecule has 21 heavy (non-hydrogen) atoms. The van der Waals surface area contributed by atoms with Crippen molar-refractivity contribution < 1.29 is 14.3 Å². The summed E-state index contributed by atoms with van der Waals surface area (Å²) in [5.74, 6) is -0.179. The Kier molecular flexibility index (Phi) is 4.83. The molecule has 1 saturated heterocycles. The van der Waals surface area contributed by atoms with Gasteiger partial charge in [-0.3, -0.25) is 9.59 Å². The van der Waals surface area contributed by atoms with Gasteiger partial charge in [0.25, 0.3) is 0 Å². The van der Waals surface area contributed by atoms with Crippen LogP contribution in [0.15, 0.2) is 24.3 Å². The van der Waals surface area contributed by atoms with E-state index in [1.54, 1.807) is 12.0 Å². The summed E-state index contributed by atoms with van der Waals surface area (Å²) in [4.78, 5) is 26.2. The predicted molar refractivity (Wildman–Crippen MR) is 81.3 cm³/mol. The molecule has 114 valence electrons. The largest absolute Gasteiger partial charge is 0.497 e. The molecule has 0 radical (unpaired) electrons. The first kappa shape index (κ1) is 15.4. The second-order valence-electron chi connectivity index (χ2n) is 5.35. The molecular formula is C16H22N2O3. The molecule has 1 fully saturated rings. The summed E-state index contributed by atoms with van der Waals surface area (Å²) in [5, 5.41) is 2.89. The van der Waals surface area contributed by atoms with Crippen molar-refractivity contribution in [1.29, 1.82) is 0 Å². The van der Waals surface area contributed by atoms with Crippen molar-refractivity contribution in [2.75, 3.05) is 18.6 Å². The van der Waals surface area contributed by atoms with Crippen molar-refractivity contribution in [3.63, 3.8) is 0 Å². The predicted octanol–water partition coefficient (Wildman–Crippen LogP) is 1.96. The Morgan fingerprint density at radius 3 is 2.95 bits per heavy atom. The lowest BCUT2D eigenvalue weighted by Gasteiger charge is -2.18. The molecule has 2 rings (SSSR count). The maximum atomic E-state index is 12.4. The number of ether oxygens (including phenoxy) is 1. The molecule has 1 aliphatic rings. The number of hydrogen-bond acceptors (Lipinski definition) is 3. The molecule has 0 aromatic heterocycles. The van der Waals surface area contributed by atoms with Crippen molar-refractivity contribution in [3.8, 4) is 5.75 Å². The van der Waals surface area contributed by atoms with Crippen LogP contribution in [0.4, 0.5) is 5.69 Å². The van der Waals surface area contributed by atoms with Crippen molar-refractivity contribution in [1.82, 2.24) is 5.32 Å². The Labute approximate surface area is 125 Å². The molecule has 0 bridgehead atoms. The molecule has 0 saturated carbocycles. The zero-order chi connectivity index (χ0) is 15.4. The van der Waals surface area contributed by atoms with E-state index in [1.165, 1.54) is 0 Å². The highest BCUT2D eigenvalue weighted by atomic mass is 16.5. The number of amides is 2. The van der Waals surface area contributed by atoms with E-state index in [9.17, 15) is 9.59 Å². The van der Waals surface area contributed by atoms with Crippen LogP contribution < -0.4 is 15.0 Å². The Balaban J connectivity index is 2.09. The number of hydrogen-bond donors (Lipinski definition) is 1. The molecule has 5 nitrogen and oxygen atoms in total. The van der Waals surface area contributed by atoms with Gasteiger partial charge < -0.3 is 15.0 Å². The first-order chi connectivity index (χ1) is 10.1. The minimum absolute atomic E-state index is 0.0937. The molecule has 1 N–H and O–H groups in total. The molecule has 1 aliphatic heterocycles. The number of nitrogens with zero attached hydrogens (tertiary/aromatic N) is 1. The van der Waals surface area contributed by atoms with Gasteiger partial charge in [0.2, 0.25) is 11.8 Å². The van der Waals surface area contributed by atoms with Crippen LogP contribution in [0.2, 0.25) is 0 Å². The van der Waals surface area contributed by atoms with E-state index in [-0.39, 0.29) is 17.9 Å². The maximum absolute atomic E-state index is 12.4. The van der Waals surface area contributed by atoms with Gasteiger partial charge in [-0.1, -0.05) is 13.0 Å². The van der Waals surface area contributed by atoms with Crippen LogP contribution in [0.5, 0.6) is 5.75 Å². The fraction of sp³-hybridized carbons (Fsp3) is 0.500. The van der Waals surface area contributed by atoms with Crippen molar-refractivity contribution in [2.24, 2.45) is 5.92 Å². The molecule has 1 aromatic carbocycles. The second kappa shape index (κ2) is 6.61. The molecule has 2 amide bonds. The van der Waals surface area contributed by atoms with Gasteiger partial charge in [0, 0.05) is 24.3 Å². The summed E-state index contributed by atoms with van der Waals surface area (Å²) in [6.45, 7) is 4.51. The first-order valence-corrected chi connectivity index (χ1v) is 7.32. The standard InChI is InChI=1S/C16H22N2O3/c1-4-11(2)17-15(19)14-8-9-18(16(14)20)12-6-5-7-13(10-12)21-3/h5-7,10-11,14H,4,8-9H2,1-3H3,(H,17,19)/t11-,14-/m1/s1. The normalized spacial score (nSPS) is 19.5. The fourth-order valence-electron chi connectivity index (χ4n) is 2.40. The number of methoxy groups -OCH3 is 1. The van der Waals surface area contributed by atoms with Gasteiger partial charge in [-0.05, 0) is 31.9 Å². The Morgan fingerprint density at radius 1 is 1.52 bits per heavy atom. The lowest BCUT2D eigenvalue weighted by atomic mass is 10.1. The van der Waals surface area contributed by atoms with Crippen LogP contribution in [0.3, 0.4) is 0 Å². The molecule has 1 heterocycles. The fourth-order valence-corrected chi connectivity index (χ4v) is 2.40. The van der Waals surface area contributed by atoms with E-state index in [0.717, 1.165) is 12.1 Å². The topological polar surface area (TPSA) is 58.6 Å². The molecule has 0 spiro atoms. The number of carbonyl (C=O) groups is 2. The molecule has 5 heteroatoms. The van der Waals surface area contributed by atoms with Crippen LogP contribution >= 0.6 is 0 Å². The highest BCUT2D eigenvalue weighted by molar-refractivity contribution is 6.09. The summed E-state index contributed by atoms with van der Waals surface area (Å²) < 4.78 is 5.17. The van der Waals surface area contributed by atoms with Gasteiger partial charge in [0.1, 0.15) is 11.7 Å². The lowest BCUT2D eigenvalue weighted by Crippen LogP contribution is -2.40. The van der Waals surface area contributed by atoms with E-state index in [0.29, 0.717) is 18.7 Å². The number of rotatable bonds is 5. The Hall–Kier alpha value is -2.04. The lowest BCUT2D eigenvalue weighted by molar-refractivity contribution is -0.132. The van der Waals surface area contributed by atoms with Crippen LogP contribution in [-0.4, -0.2) is 31.5 Å². The maximum Gasteiger partial charge on any atom is 0.239 e. The van der Waals surface area contributed by atoms with Gasteiger partial charge in [-0.25, -0.2) is 0 Å². The molecular weight excluding hydrogens is 268 g/mol. The number of benzene rings is 1. The average Bonchev–Trinajstić information content (AvgIpc) is 2.88. The van der Waals surface area contributed by atoms with Gasteiger partial charge in [0.15, 0.2) is 0 Å². The molecule has 1 aromatic rings. The summed E-state index contributed by atoms with van der Waals surface area (Å²) in [6.07, 6.45) is 1.41. The second-order valence-corrected chi connectivity index (χ2v) is 5.35. The quantitative estimate of drug-likeness (QED) is 0.843. The van der Waals surface area contributed by atoms with E-state index in [4.69, 9.17) is 4.74 Å². The first-order valence-electron chi connectivity index (χ1n) is 7.32. The summed E-state index contributed by atoms with van der Waals surface area (Å²) >= 11 is 0. The number of carbonyl (C=O) groups excluding carboxylic acids is 2. The summed E-state index contributed by atoms with van der Waals surface area (Å²) in [5.41, 5.74) is 0.776. The highest BCUT2D eigenvalue weighted by Crippen LogP contribution is 2.28. The third-order valence-electron chi connectivity index (χ3n) is 3.89. The van der Waals surface area contributed by atoms with Gasteiger partial charge in [-0.15, -0.1) is 0 Å². The van der Waals surface area contributed by atoms with E-state index in [2.05, 4.69) is 5.32 Å². The zero-order valence-electron chi connectivity index (χ0n) is 12.8. The highest BCUT2D eigenvalue weighted by Gasteiger charge is 2.37. The van der Waals surface area contributed by atoms with Crippen LogP contribution in [0.1, 0.15) is 26.7 Å². The Bertz CT molecular complexity index is 530.